The number of phenols is 1. The van der Waals surface area contributed by atoms with Crippen LogP contribution in [0.3, 0.4) is 0 Å². The van der Waals surface area contributed by atoms with Crippen LogP contribution in [-0.2, 0) is 6.61 Å². The van der Waals surface area contributed by atoms with E-state index in [1.54, 1.807) is 16.5 Å². The summed E-state index contributed by atoms with van der Waals surface area (Å²) < 4.78 is 1.68. The number of benzene rings is 1. The standard InChI is InChI=1S/C12H11N3O2/c1-7-5-10-13-14-11(6-16)15(10)12-8(7)3-2-4-9(12)17/h2-5,16-17H,6H2,1H3. The zero-order valence-electron chi connectivity index (χ0n) is 9.25. The molecule has 2 aromatic heterocycles. The van der Waals surface area contributed by atoms with Crippen molar-refractivity contribution in [3.63, 3.8) is 0 Å². The van der Waals surface area contributed by atoms with Gasteiger partial charge < -0.3 is 10.2 Å². The molecule has 0 unspecified atom stereocenters. The molecule has 0 aliphatic heterocycles. The number of aliphatic hydroxyl groups is 1. The maximum atomic E-state index is 9.97. The lowest BCUT2D eigenvalue weighted by atomic mass is 10.1. The fourth-order valence-corrected chi connectivity index (χ4v) is 2.13. The second-order valence-electron chi connectivity index (χ2n) is 3.97. The third kappa shape index (κ3) is 1.29. The molecule has 3 aromatic rings. The number of aromatic hydroxyl groups is 1. The topological polar surface area (TPSA) is 70.7 Å². The highest BCUT2D eigenvalue weighted by Crippen LogP contribution is 2.28. The van der Waals surface area contributed by atoms with Crippen LogP contribution in [0.25, 0.3) is 16.6 Å². The van der Waals surface area contributed by atoms with E-state index in [-0.39, 0.29) is 12.4 Å². The molecular formula is C12H11N3O2. The molecule has 3 rings (SSSR count). The summed E-state index contributed by atoms with van der Waals surface area (Å²) in [4.78, 5) is 0. The molecule has 1 aromatic carbocycles. The molecule has 0 aliphatic rings. The Labute approximate surface area is 97.0 Å². The normalized spacial score (nSPS) is 11.4. The van der Waals surface area contributed by atoms with Crippen molar-refractivity contribution in [2.45, 2.75) is 13.5 Å². The molecule has 17 heavy (non-hydrogen) atoms. The van der Waals surface area contributed by atoms with Gasteiger partial charge in [0.1, 0.15) is 12.4 Å². The van der Waals surface area contributed by atoms with Crippen molar-refractivity contribution in [1.82, 2.24) is 14.6 Å². The Morgan fingerprint density at radius 2 is 2.12 bits per heavy atom. The molecule has 2 heterocycles. The zero-order valence-corrected chi connectivity index (χ0v) is 9.25. The summed E-state index contributed by atoms with van der Waals surface area (Å²) in [5.74, 6) is 0.581. The number of nitrogens with zero attached hydrogens (tertiary/aromatic N) is 3. The highest BCUT2D eigenvalue weighted by Gasteiger charge is 2.12. The molecule has 0 radical (unpaired) electrons. The molecule has 0 amide bonds. The van der Waals surface area contributed by atoms with Crippen LogP contribution in [0.1, 0.15) is 11.4 Å². The Morgan fingerprint density at radius 1 is 1.29 bits per heavy atom. The molecule has 0 bridgehead atoms. The van der Waals surface area contributed by atoms with Gasteiger partial charge in [-0.15, -0.1) is 10.2 Å². The van der Waals surface area contributed by atoms with Gasteiger partial charge in [-0.3, -0.25) is 4.40 Å². The first-order valence-corrected chi connectivity index (χ1v) is 5.28. The molecule has 0 spiro atoms. The average molecular weight is 229 g/mol. The molecule has 5 nitrogen and oxygen atoms in total. The Bertz CT molecular complexity index is 718. The summed E-state index contributed by atoms with van der Waals surface area (Å²) >= 11 is 0. The lowest BCUT2D eigenvalue weighted by molar-refractivity contribution is 0.270. The molecule has 0 fully saturated rings. The minimum atomic E-state index is -0.215. The van der Waals surface area contributed by atoms with E-state index in [1.807, 2.05) is 19.1 Å². The number of phenolic OH excluding ortho intramolecular Hbond substituents is 1. The van der Waals surface area contributed by atoms with Crippen molar-refractivity contribution in [2.24, 2.45) is 0 Å². The van der Waals surface area contributed by atoms with Crippen molar-refractivity contribution < 1.29 is 10.2 Å². The lowest BCUT2D eigenvalue weighted by Gasteiger charge is -2.08. The molecule has 0 aliphatic carbocycles. The molecule has 86 valence electrons. The van der Waals surface area contributed by atoms with E-state index in [2.05, 4.69) is 10.2 Å². The van der Waals surface area contributed by atoms with Gasteiger partial charge in [-0.1, -0.05) is 12.1 Å². The van der Waals surface area contributed by atoms with Crippen LogP contribution < -0.4 is 0 Å². The number of aliphatic hydroxyl groups excluding tert-OH is 1. The van der Waals surface area contributed by atoms with Gasteiger partial charge in [-0.25, -0.2) is 0 Å². The van der Waals surface area contributed by atoms with Crippen LogP contribution in [-0.4, -0.2) is 24.8 Å². The van der Waals surface area contributed by atoms with Crippen LogP contribution >= 0.6 is 0 Å². The predicted octanol–water partition coefficient (Wildman–Crippen LogP) is 1.39. The largest absolute Gasteiger partial charge is 0.506 e. The second kappa shape index (κ2) is 3.43. The van der Waals surface area contributed by atoms with Gasteiger partial charge in [0.15, 0.2) is 11.5 Å². The lowest BCUT2D eigenvalue weighted by Crippen LogP contribution is -1.97. The van der Waals surface area contributed by atoms with Gasteiger partial charge >= 0.3 is 0 Å². The van der Waals surface area contributed by atoms with E-state index in [4.69, 9.17) is 0 Å². The van der Waals surface area contributed by atoms with Crippen molar-refractivity contribution in [2.75, 3.05) is 0 Å². The number of para-hydroxylation sites is 1. The van der Waals surface area contributed by atoms with Gasteiger partial charge in [-0.05, 0) is 24.6 Å². The molecule has 0 saturated heterocycles. The van der Waals surface area contributed by atoms with Gasteiger partial charge in [0.05, 0.1) is 5.52 Å². The Kier molecular flexibility index (Phi) is 2.02. The van der Waals surface area contributed by atoms with E-state index in [1.165, 1.54) is 0 Å². The Morgan fingerprint density at radius 3 is 2.88 bits per heavy atom. The van der Waals surface area contributed by atoms with E-state index in [0.29, 0.717) is 17.0 Å². The van der Waals surface area contributed by atoms with E-state index >= 15 is 0 Å². The van der Waals surface area contributed by atoms with Crippen LogP contribution in [0.15, 0.2) is 24.3 Å². The van der Waals surface area contributed by atoms with Crippen molar-refractivity contribution in [3.05, 3.63) is 35.7 Å². The molecule has 2 N–H and O–H groups in total. The van der Waals surface area contributed by atoms with Gasteiger partial charge in [0.25, 0.3) is 0 Å². The minimum absolute atomic E-state index is 0.158. The first-order chi connectivity index (χ1) is 8.22. The number of hydrogen-bond donors (Lipinski definition) is 2. The Balaban J connectivity index is 2.63. The van der Waals surface area contributed by atoms with Crippen molar-refractivity contribution in [1.29, 1.82) is 0 Å². The number of fused-ring (bicyclic) bond motifs is 3. The maximum Gasteiger partial charge on any atom is 0.163 e. The Hall–Kier alpha value is -2.14. The third-order valence-corrected chi connectivity index (χ3v) is 2.91. The summed E-state index contributed by atoms with van der Waals surface area (Å²) in [6.45, 7) is 1.74. The third-order valence-electron chi connectivity index (χ3n) is 2.91. The van der Waals surface area contributed by atoms with Gasteiger partial charge in [0, 0.05) is 5.39 Å². The van der Waals surface area contributed by atoms with Crippen molar-refractivity contribution in [3.8, 4) is 5.75 Å². The van der Waals surface area contributed by atoms with Crippen LogP contribution in [0.5, 0.6) is 5.75 Å². The number of aromatic nitrogens is 3. The van der Waals surface area contributed by atoms with E-state index in [9.17, 15) is 10.2 Å². The molecular weight excluding hydrogens is 218 g/mol. The van der Waals surface area contributed by atoms with Gasteiger partial charge in [-0.2, -0.15) is 0 Å². The highest BCUT2D eigenvalue weighted by atomic mass is 16.3. The fourth-order valence-electron chi connectivity index (χ4n) is 2.13. The quantitative estimate of drug-likeness (QED) is 0.661. The average Bonchev–Trinajstić information content (AvgIpc) is 2.72. The summed E-state index contributed by atoms with van der Waals surface area (Å²) in [5.41, 5.74) is 2.28. The molecule has 0 atom stereocenters. The smallest absolute Gasteiger partial charge is 0.163 e. The monoisotopic (exact) mass is 229 g/mol. The summed E-state index contributed by atoms with van der Waals surface area (Å²) in [5, 5.41) is 28.0. The minimum Gasteiger partial charge on any atom is -0.506 e. The number of hydrogen-bond acceptors (Lipinski definition) is 4. The van der Waals surface area contributed by atoms with Crippen LogP contribution in [0, 0.1) is 6.92 Å². The number of rotatable bonds is 1. The summed E-state index contributed by atoms with van der Waals surface area (Å²) in [6, 6.07) is 7.21. The van der Waals surface area contributed by atoms with Crippen molar-refractivity contribution >= 4 is 16.6 Å². The van der Waals surface area contributed by atoms with E-state index in [0.717, 1.165) is 10.9 Å². The zero-order chi connectivity index (χ0) is 12.0. The number of aryl methyl sites for hydroxylation is 1. The van der Waals surface area contributed by atoms with Crippen LogP contribution in [0.2, 0.25) is 0 Å². The number of pyridine rings is 1. The maximum absolute atomic E-state index is 9.97. The highest BCUT2D eigenvalue weighted by molar-refractivity contribution is 5.90. The predicted molar refractivity (Wildman–Crippen MR) is 62.8 cm³/mol. The van der Waals surface area contributed by atoms with Crippen LogP contribution in [0.4, 0.5) is 0 Å². The summed E-state index contributed by atoms with van der Waals surface area (Å²) in [6.07, 6.45) is 0. The first-order valence-electron chi connectivity index (χ1n) is 5.28. The molecule has 0 saturated carbocycles. The SMILES string of the molecule is Cc1cc2nnc(CO)n2c2c(O)cccc12. The van der Waals surface area contributed by atoms with Gasteiger partial charge in [0.2, 0.25) is 0 Å². The van der Waals surface area contributed by atoms with E-state index < -0.39 is 0 Å². The second-order valence-corrected chi connectivity index (χ2v) is 3.97. The fraction of sp³-hybridized carbons (Fsp3) is 0.167. The molecule has 5 heteroatoms. The summed E-state index contributed by atoms with van der Waals surface area (Å²) in [7, 11) is 0. The first kappa shape index (κ1) is 10.0.